The van der Waals surface area contributed by atoms with Crippen molar-refractivity contribution in [3.05, 3.63) is 88.9 Å². The van der Waals surface area contributed by atoms with Gasteiger partial charge >= 0.3 is 5.97 Å². The van der Waals surface area contributed by atoms with Gasteiger partial charge in [-0.25, -0.2) is 13.2 Å². The molecule has 10 heteroatoms. The van der Waals surface area contributed by atoms with Gasteiger partial charge in [0.1, 0.15) is 5.75 Å². The molecule has 3 aromatic carbocycles. The first-order valence-electron chi connectivity index (χ1n) is 11.7. The molecular weight excluding hydrogens is 537 g/mol. The lowest BCUT2D eigenvalue weighted by atomic mass is 10.1. The van der Waals surface area contributed by atoms with Crippen LogP contribution in [0.2, 0.25) is 5.02 Å². The number of hydrogen-bond acceptors (Lipinski definition) is 7. The Balaban J connectivity index is 0.00000481. The topological polar surface area (TPSA) is 102 Å². The van der Waals surface area contributed by atoms with Gasteiger partial charge in [-0.2, -0.15) is 0 Å². The smallest absolute Gasteiger partial charge is 0.344 e. The van der Waals surface area contributed by atoms with Crippen LogP contribution in [0.4, 0.5) is 0 Å². The Morgan fingerprint density at radius 2 is 1.68 bits per heavy atom. The summed E-state index contributed by atoms with van der Waals surface area (Å²) in [5, 5.41) is 14.1. The van der Waals surface area contributed by atoms with Crippen LogP contribution in [-0.2, 0) is 25.8 Å². The summed E-state index contributed by atoms with van der Waals surface area (Å²) in [4.78, 5) is 11.7. The summed E-state index contributed by atoms with van der Waals surface area (Å²) in [6.07, 6.45) is 0.973. The highest BCUT2D eigenvalue weighted by molar-refractivity contribution is 7.91. The molecule has 0 amide bonds. The van der Waals surface area contributed by atoms with Gasteiger partial charge in [-0.05, 0) is 86.0 Å². The van der Waals surface area contributed by atoms with Crippen LogP contribution in [-0.4, -0.2) is 45.8 Å². The van der Waals surface area contributed by atoms with Crippen LogP contribution in [0, 0.1) is 0 Å². The number of carbonyl (C=O) groups is 1. The summed E-state index contributed by atoms with van der Waals surface area (Å²) >= 11 is 5.96. The number of benzene rings is 3. The third-order valence-electron chi connectivity index (χ3n) is 5.42. The van der Waals surface area contributed by atoms with E-state index in [-0.39, 0.29) is 35.4 Å². The van der Waals surface area contributed by atoms with Crippen LogP contribution in [0.1, 0.15) is 30.6 Å². The average molecular weight is 569 g/mol. The van der Waals surface area contributed by atoms with E-state index in [1.807, 2.05) is 24.3 Å². The van der Waals surface area contributed by atoms with Crippen molar-refractivity contribution in [2.45, 2.75) is 35.7 Å². The maximum absolute atomic E-state index is 13.0. The van der Waals surface area contributed by atoms with E-state index in [0.29, 0.717) is 23.9 Å². The van der Waals surface area contributed by atoms with Crippen molar-refractivity contribution in [1.82, 2.24) is 5.32 Å². The zero-order chi connectivity index (χ0) is 26.0. The lowest BCUT2D eigenvalue weighted by Crippen LogP contribution is -2.22. The maximum Gasteiger partial charge on any atom is 0.344 e. The van der Waals surface area contributed by atoms with E-state index >= 15 is 0 Å². The van der Waals surface area contributed by atoms with Crippen LogP contribution in [0.5, 0.6) is 5.75 Å². The molecule has 0 aliphatic heterocycles. The van der Waals surface area contributed by atoms with Crippen LogP contribution in [0.15, 0.2) is 82.6 Å². The van der Waals surface area contributed by atoms with Crippen LogP contribution in [0.25, 0.3) is 0 Å². The molecule has 0 fully saturated rings. The second-order valence-corrected chi connectivity index (χ2v) is 10.5. The van der Waals surface area contributed by atoms with Crippen molar-refractivity contribution in [3.8, 4) is 5.75 Å². The fourth-order valence-corrected chi connectivity index (χ4v) is 4.98. The van der Waals surface area contributed by atoms with E-state index in [1.165, 1.54) is 24.3 Å². The summed E-state index contributed by atoms with van der Waals surface area (Å²) in [7, 11) is -3.68. The minimum atomic E-state index is -3.68. The summed E-state index contributed by atoms with van der Waals surface area (Å²) in [5.41, 5.74) is 1.79. The highest BCUT2D eigenvalue weighted by atomic mass is 35.5. The van der Waals surface area contributed by atoms with E-state index in [9.17, 15) is 18.3 Å². The molecular formula is C27H31Cl2NO6S. The Morgan fingerprint density at radius 1 is 1.03 bits per heavy atom. The fourth-order valence-electron chi connectivity index (χ4n) is 3.52. The van der Waals surface area contributed by atoms with E-state index in [1.54, 1.807) is 31.2 Å². The quantitative estimate of drug-likeness (QED) is 0.226. The van der Waals surface area contributed by atoms with Gasteiger partial charge in [0, 0.05) is 11.6 Å². The fraction of sp³-hybridized carbons (Fsp3) is 0.296. The largest absolute Gasteiger partial charge is 0.482 e. The van der Waals surface area contributed by atoms with Gasteiger partial charge < -0.3 is 19.9 Å². The molecule has 0 heterocycles. The van der Waals surface area contributed by atoms with Gasteiger partial charge in [0.05, 0.1) is 22.5 Å². The third-order valence-corrected chi connectivity index (χ3v) is 7.44. The summed E-state index contributed by atoms with van der Waals surface area (Å²) in [5.74, 6) is -0.105. The first kappa shape index (κ1) is 30.6. The van der Waals surface area contributed by atoms with Crippen molar-refractivity contribution in [2.75, 3.05) is 26.3 Å². The average Bonchev–Trinajstić information content (AvgIpc) is 2.88. The van der Waals surface area contributed by atoms with Gasteiger partial charge in [-0.3, -0.25) is 0 Å². The molecule has 7 nitrogen and oxygen atoms in total. The monoisotopic (exact) mass is 567 g/mol. The van der Waals surface area contributed by atoms with Crippen molar-refractivity contribution in [1.29, 1.82) is 0 Å². The summed E-state index contributed by atoms with van der Waals surface area (Å²) in [6, 6.07) is 19.9. The van der Waals surface area contributed by atoms with E-state index < -0.39 is 21.9 Å². The molecule has 37 heavy (non-hydrogen) atoms. The van der Waals surface area contributed by atoms with Crippen LogP contribution >= 0.6 is 24.0 Å². The Hall–Kier alpha value is -2.62. The molecule has 0 saturated heterocycles. The van der Waals surface area contributed by atoms with Crippen molar-refractivity contribution in [3.63, 3.8) is 0 Å². The van der Waals surface area contributed by atoms with Gasteiger partial charge in [0.15, 0.2) is 6.61 Å². The second-order valence-electron chi connectivity index (χ2n) is 8.09. The minimum Gasteiger partial charge on any atom is -0.482 e. The number of hydrogen-bond donors (Lipinski definition) is 2. The zero-order valence-corrected chi connectivity index (χ0v) is 22.8. The second kappa shape index (κ2) is 15.0. The first-order valence-corrected chi connectivity index (χ1v) is 13.5. The number of sulfone groups is 1. The van der Waals surface area contributed by atoms with Crippen LogP contribution in [0.3, 0.4) is 0 Å². The van der Waals surface area contributed by atoms with Crippen molar-refractivity contribution in [2.24, 2.45) is 0 Å². The Bertz CT molecular complexity index is 1230. The third kappa shape index (κ3) is 9.32. The number of rotatable bonds is 13. The number of aliphatic hydroxyl groups excluding tert-OH is 1. The maximum atomic E-state index is 13.0. The SMILES string of the molecule is CCOC(=O)COc1ccc(S(=O)(=O)c2ccc(CCCNC[C@H](O)c3cccc(Cl)c3)cc2)cc1.Cl. The predicted octanol–water partition coefficient (Wildman–Crippen LogP) is 4.79. The highest BCUT2D eigenvalue weighted by Crippen LogP contribution is 2.24. The molecule has 200 valence electrons. The number of halogens is 2. The van der Waals surface area contributed by atoms with E-state index in [4.69, 9.17) is 21.1 Å². The molecule has 2 N–H and O–H groups in total. The van der Waals surface area contributed by atoms with Gasteiger partial charge in [-0.1, -0.05) is 35.9 Å². The molecule has 0 unspecified atom stereocenters. The number of aliphatic hydroxyl groups is 1. The number of ether oxygens (including phenoxy) is 2. The predicted molar refractivity (Wildman–Crippen MR) is 145 cm³/mol. The van der Waals surface area contributed by atoms with Gasteiger partial charge in [-0.15, -0.1) is 12.4 Å². The van der Waals surface area contributed by atoms with E-state index in [2.05, 4.69) is 5.32 Å². The standard InChI is InChI=1S/C27H30ClNO6S.ClH/c1-2-34-27(31)19-35-23-10-14-25(15-11-23)36(32,33)24-12-8-20(9-13-24)5-4-16-29-18-26(30)21-6-3-7-22(28)17-21;/h3,6-15,17,26,29-30H,2,4-5,16,18-19H2,1H3;1H/t26-;/m0./s1. The molecule has 0 spiro atoms. The Morgan fingerprint density at radius 3 is 2.30 bits per heavy atom. The van der Waals surface area contributed by atoms with Gasteiger partial charge in [0.2, 0.25) is 9.84 Å². The number of nitrogens with one attached hydrogen (secondary N) is 1. The molecule has 0 aromatic heterocycles. The number of carbonyl (C=O) groups excluding carboxylic acids is 1. The zero-order valence-electron chi connectivity index (χ0n) is 20.4. The molecule has 0 aliphatic carbocycles. The molecule has 0 radical (unpaired) electrons. The van der Waals surface area contributed by atoms with Gasteiger partial charge in [0.25, 0.3) is 0 Å². The Kier molecular flexibility index (Phi) is 12.4. The molecule has 3 rings (SSSR count). The summed E-state index contributed by atoms with van der Waals surface area (Å²) in [6.45, 7) is 2.87. The summed E-state index contributed by atoms with van der Waals surface area (Å²) < 4.78 is 36.0. The van der Waals surface area contributed by atoms with Crippen LogP contribution < -0.4 is 10.1 Å². The lowest BCUT2D eigenvalue weighted by molar-refractivity contribution is -0.145. The molecule has 3 aromatic rings. The minimum absolute atomic E-state index is 0. The lowest BCUT2D eigenvalue weighted by Gasteiger charge is -2.12. The highest BCUT2D eigenvalue weighted by Gasteiger charge is 2.18. The normalized spacial score (nSPS) is 11.9. The number of esters is 1. The Labute approximate surface area is 229 Å². The first-order chi connectivity index (χ1) is 17.3. The van der Waals surface area contributed by atoms with E-state index in [0.717, 1.165) is 24.0 Å². The molecule has 0 saturated carbocycles. The molecule has 0 bridgehead atoms. The molecule has 1 atom stereocenters. The number of aryl methyl sites for hydroxylation is 1. The molecule has 0 aliphatic rings. The van der Waals surface area contributed by atoms with Crippen molar-refractivity contribution >= 4 is 39.8 Å². The van der Waals surface area contributed by atoms with Crippen molar-refractivity contribution < 1.29 is 27.8 Å².